The van der Waals surface area contributed by atoms with Crippen molar-refractivity contribution in [2.24, 2.45) is 0 Å². The van der Waals surface area contributed by atoms with E-state index in [1.807, 2.05) is 30.3 Å². The molecule has 0 aliphatic heterocycles. The molecule has 0 radical (unpaired) electrons. The number of nitrogens with one attached hydrogen (secondary N) is 1. The summed E-state index contributed by atoms with van der Waals surface area (Å²) in [5, 5.41) is 3.48. The molecule has 21 heavy (non-hydrogen) atoms. The highest BCUT2D eigenvalue weighted by atomic mass is 79.9. The minimum Gasteiger partial charge on any atom is -0.456 e. The number of benzene rings is 2. The number of ether oxygens (including phenoxy) is 1. The van der Waals surface area contributed by atoms with Gasteiger partial charge in [0.15, 0.2) is 0 Å². The maximum absolute atomic E-state index is 5.89. The van der Waals surface area contributed by atoms with Gasteiger partial charge in [-0.2, -0.15) is 0 Å². The Morgan fingerprint density at radius 1 is 1.10 bits per heavy atom. The van der Waals surface area contributed by atoms with E-state index in [2.05, 4.69) is 63.2 Å². The highest BCUT2D eigenvalue weighted by Crippen LogP contribution is 2.32. The Hall–Kier alpha value is -0.840. The van der Waals surface area contributed by atoms with Gasteiger partial charge in [-0.25, -0.2) is 0 Å². The van der Waals surface area contributed by atoms with Gasteiger partial charge in [0, 0.05) is 10.5 Å². The van der Waals surface area contributed by atoms with Crippen molar-refractivity contribution in [1.29, 1.82) is 0 Å². The second kappa shape index (κ2) is 7.97. The standard InChI is InChI=1S/C17H19Br2NO/c1-3-10-20-12(2)13-4-9-17(16(19)11-13)21-15-7-5-14(18)6-8-15/h4-9,11-12,20H,3,10H2,1-2H3. The molecule has 0 fully saturated rings. The summed E-state index contributed by atoms with van der Waals surface area (Å²) in [6.45, 7) is 5.37. The van der Waals surface area contributed by atoms with Crippen molar-refractivity contribution < 1.29 is 4.74 Å². The second-order valence-corrected chi connectivity index (χ2v) is 6.69. The fraction of sp³-hybridized carbons (Fsp3) is 0.294. The van der Waals surface area contributed by atoms with Crippen LogP contribution in [0.5, 0.6) is 11.5 Å². The third-order valence-electron chi connectivity index (χ3n) is 3.20. The van der Waals surface area contributed by atoms with Crippen molar-refractivity contribution in [2.75, 3.05) is 6.54 Å². The van der Waals surface area contributed by atoms with Gasteiger partial charge in [-0.05, 0) is 77.8 Å². The van der Waals surface area contributed by atoms with Gasteiger partial charge in [-0.3, -0.25) is 0 Å². The lowest BCUT2D eigenvalue weighted by molar-refractivity contribution is 0.478. The molecule has 2 aromatic rings. The first-order chi connectivity index (χ1) is 10.1. The SMILES string of the molecule is CCCNC(C)c1ccc(Oc2ccc(Br)cc2)c(Br)c1. The van der Waals surface area contributed by atoms with Crippen LogP contribution in [0.25, 0.3) is 0 Å². The summed E-state index contributed by atoms with van der Waals surface area (Å²) in [6.07, 6.45) is 1.14. The third-order valence-corrected chi connectivity index (χ3v) is 4.35. The molecule has 0 bridgehead atoms. The van der Waals surface area contributed by atoms with Crippen molar-refractivity contribution in [2.45, 2.75) is 26.3 Å². The van der Waals surface area contributed by atoms with Crippen LogP contribution in [0.4, 0.5) is 0 Å². The average molecular weight is 413 g/mol. The molecule has 1 atom stereocenters. The molecule has 0 heterocycles. The summed E-state index contributed by atoms with van der Waals surface area (Å²) < 4.78 is 7.90. The molecule has 4 heteroatoms. The number of rotatable bonds is 6. The summed E-state index contributed by atoms with van der Waals surface area (Å²) in [5.74, 6) is 1.65. The summed E-state index contributed by atoms with van der Waals surface area (Å²) in [4.78, 5) is 0. The van der Waals surface area contributed by atoms with Crippen LogP contribution in [0.2, 0.25) is 0 Å². The molecule has 2 aromatic carbocycles. The average Bonchev–Trinajstić information content (AvgIpc) is 2.49. The predicted molar refractivity (Wildman–Crippen MR) is 95.1 cm³/mol. The fourth-order valence-corrected chi connectivity index (χ4v) is 2.72. The molecular weight excluding hydrogens is 394 g/mol. The van der Waals surface area contributed by atoms with E-state index in [0.717, 1.165) is 33.4 Å². The van der Waals surface area contributed by atoms with Gasteiger partial charge in [-0.15, -0.1) is 0 Å². The van der Waals surface area contributed by atoms with E-state index in [9.17, 15) is 0 Å². The lowest BCUT2D eigenvalue weighted by Crippen LogP contribution is -2.19. The van der Waals surface area contributed by atoms with Crippen LogP contribution >= 0.6 is 31.9 Å². The monoisotopic (exact) mass is 411 g/mol. The van der Waals surface area contributed by atoms with Crippen LogP contribution in [0.3, 0.4) is 0 Å². The summed E-state index contributed by atoms with van der Waals surface area (Å²) in [6, 6.07) is 14.4. The van der Waals surface area contributed by atoms with Crippen LogP contribution < -0.4 is 10.1 Å². The van der Waals surface area contributed by atoms with E-state index in [0.29, 0.717) is 6.04 Å². The summed E-state index contributed by atoms with van der Waals surface area (Å²) in [7, 11) is 0. The summed E-state index contributed by atoms with van der Waals surface area (Å²) in [5.41, 5.74) is 1.25. The third kappa shape index (κ3) is 4.83. The zero-order chi connectivity index (χ0) is 15.2. The van der Waals surface area contributed by atoms with Crippen molar-refractivity contribution in [3.63, 3.8) is 0 Å². The molecule has 0 aliphatic carbocycles. The Morgan fingerprint density at radius 3 is 2.43 bits per heavy atom. The Morgan fingerprint density at radius 2 is 1.81 bits per heavy atom. The van der Waals surface area contributed by atoms with Crippen LogP contribution in [-0.4, -0.2) is 6.54 Å². The first kappa shape index (κ1) is 16.5. The topological polar surface area (TPSA) is 21.3 Å². The van der Waals surface area contributed by atoms with Gasteiger partial charge in [-0.1, -0.05) is 28.9 Å². The highest BCUT2D eigenvalue weighted by Gasteiger charge is 2.08. The van der Waals surface area contributed by atoms with Gasteiger partial charge >= 0.3 is 0 Å². The van der Waals surface area contributed by atoms with Gasteiger partial charge in [0.25, 0.3) is 0 Å². The minimum atomic E-state index is 0.336. The Kier molecular flexibility index (Phi) is 6.27. The van der Waals surface area contributed by atoms with Crippen molar-refractivity contribution >= 4 is 31.9 Å². The van der Waals surface area contributed by atoms with E-state index >= 15 is 0 Å². The van der Waals surface area contributed by atoms with Gasteiger partial charge in [0.2, 0.25) is 0 Å². The zero-order valence-corrected chi connectivity index (χ0v) is 15.4. The molecule has 0 spiro atoms. The molecule has 112 valence electrons. The first-order valence-electron chi connectivity index (χ1n) is 7.06. The number of hydrogen-bond acceptors (Lipinski definition) is 2. The van der Waals surface area contributed by atoms with E-state index in [1.54, 1.807) is 0 Å². The van der Waals surface area contributed by atoms with Crippen LogP contribution in [0.1, 0.15) is 31.9 Å². The van der Waals surface area contributed by atoms with Gasteiger partial charge in [0.05, 0.1) is 4.47 Å². The van der Waals surface area contributed by atoms with Crippen LogP contribution in [0.15, 0.2) is 51.4 Å². The number of hydrogen-bond donors (Lipinski definition) is 1. The quantitative estimate of drug-likeness (QED) is 0.622. The first-order valence-corrected chi connectivity index (χ1v) is 8.65. The molecule has 0 amide bonds. The minimum absolute atomic E-state index is 0.336. The normalized spacial score (nSPS) is 12.2. The maximum atomic E-state index is 5.89. The van der Waals surface area contributed by atoms with Crippen molar-refractivity contribution in [3.8, 4) is 11.5 Å². The molecule has 1 N–H and O–H groups in total. The van der Waals surface area contributed by atoms with Crippen molar-refractivity contribution in [3.05, 3.63) is 57.0 Å². The molecule has 0 aromatic heterocycles. The molecular formula is C17H19Br2NO. The predicted octanol–water partition coefficient (Wildman–Crippen LogP) is 6.06. The molecule has 0 aliphatic rings. The maximum Gasteiger partial charge on any atom is 0.141 e. The Balaban J connectivity index is 2.10. The van der Waals surface area contributed by atoms with Gasteiger partial charge < -0.3 is 10.1 Å². The van der Waals surface area contributed by atoms with E-state index in [1.165, 1.54) is 5.56 Å². The lowest BCUT2D eigenvalue weighted by atomic mass is 10.1. The molecule has 2 rings (SSSR count). The Labute approximate surface area is 143 Å². The highest BCUT2D eigenvalue weighted by molar-refractivity contribution is 9.10. The summed E-state index contributed by atoms with van der Waals surface area (Å²) >= 11 is 7.01. The molecule has 0 saturated heterocycles. The number of halogens is 2. The molecule has 1 unspecified atom stereocenters. The van der Waals surface area contributed by atoms with Crippen LogP contribution in [-0.2, 0) is 0 Å². The van der Waals surface area contributed by atoms with E-state index in [-0.39, 0.29) is 0 Å². The largest absolute Gasteiger partial charge is 0.456 e. The Bertz CT molecular complexity index is 584. The van der Waals surface area contributed by atoms with E-state index in [4.69, 9.17) is 4.74 Å². The lowest BCUT2D eigenvalue weighted by Gasteiger charge is -2.15. The zero-order valence-electron chi connectivity index (χ0n) is 12.2. The van der Waals surface area contributed by atoms with Crippen molar-refractivity contribution in [1.82, 2.24) is 5.32 Å². The molecule has 0 saturated carbocycles. The second-order valence-electron chi connectivity index (χ2n) is 4.92. The van der Waals surface area contributed by atoms with Crippen LogP contribution in [0, 0.1) is 0 Å². The fourth-order valence-electron chi connectivity index (χ4n) is 1.98. The molecule has 2 nitrogen and oxygen atoms in total. The van der Waals surface area contributed by atoms with Gasteiger partial charge in [0.1, 0.15) is 11.5 Å². The smallest absolute Gasteiger partial charge is 0.141 e. The van der Waals surface area contributed by atoms with E-state index < -0.39 is 0 Å².